The van der Waals surface area contributed by atoms with Crippen LogP contribution in [0.1, 0.15) is 10.4 Å². The second-order valence-electron chi connectivity index (χ2n) is 5.95. The predicted molar refractivity (Wildman–Crippen MR) is 95.0 cm³/mol. The van der Waals surface area contributed by atoms with Crippen molar-refractivity contribution in [3.8, 4) is 5.75 Å². The van der Waals surface area contributed by atoms with E-state index in [0.717, 1.165) is 29.9 Å². The second-order valence-corrected chi connectivity index (χ2v) is 5.95. The van der Waals surface area contributed by atoms with Crippen molar-refractivity contribution in [2.24, 2.45) is 0 Å². The van der Waals surface area contributed by atoms with Crippen LogP contribution in [0.4, 0.5) is 5.82 Å². The molecule has 0 unspecified atom stereocenters. The van der Waals surface area contributed by atoms with Crippen LogP contribution >= 0.6 is 0 Å². The summed E-state index contributed by atoms with van der Waals surface area (Å²) in [5.74, 6) is 1.65. The number of rotatable bonds is 3. The molecule has 1 aliphatic heterocycles. The molecule has 4 rings (SSSR count). The lowest BCUT2D eigenvalue weighted by Crippen LogP contribution is -2.49. The van der Waals surface area contributed by atoms with Gasteiger partial charge in [-0.15, -0.1) is 0 Å². The minimum Gasteiger partial charge on any atom is -0.497 e. The third kappa shape index (κ3) is 2.88. The van der Waals surface area contributed by atoms with Crippen molar-refractivity contribution in [3.63, 3.8) is 0 Å². The minimum absolute atomic E-state index is 0.0352. The maximum absolute atomic E-state index is 12.7. The first-order chi connectivity index (χ1) is 12.3. The summed E-state index contributed by atoms with van der Waals surface area (Å²) in [6.45, 7) is 2.80. The number of nitrogens with one attached hydrogen (secondary N) is 1. The lowest BCUT2D eigenvalue weighted by Gasteiger charge is -2.35. The van der Waals surface area contributed by atoms with E-state index in [1.807, 2.05) is 35.4 Å². The third-order valence-electron chi connectivity index (χ3n) is 4.52. The number of amides is 1. The zero-order valence-electron chi connectivity index (χ0n) is 14.0. The second kappa shape index (κ2) is 6.43. The van der Waals surface area contributed by atoms with Crippen LogP contribution in [0.25, 0.3) is 11.0 Å². The predicted octanol–water partition coefficient (Wildman–Crippen LogP) is 1.93. The molecule has 0 atom stereocenters. The van der Waals surface area contributed by atoms with Crippen molar-refractivity contribution in [3.05, 3.63) is 48.4 Å². The number of benzene rings is 1. The van der Waals surface area contributed by atoms with Gasteiger partial charge in [0.25, 0.3) is 5.91 Å². The van der Waals surface area contributed by atoms with Crippen molar-refractivity contribution in [1.29, 1.82) is 0 Å². The Bertz CT molecular complexity index is 899. The summed E-state index contributed by atoms with van der Waals surface area (Å²) in [7, 11) is 1.60. The summed E-state index contributed by atoms with van der Waals surface area (Å²) in [6, 6.07) is 9.27. The number of carbonyl (C=O) groups is 1. The van der Waals surface area contributed by atoms with E-state index in [9.17, 15) is 4.79 Å². The van der Waals surface area contributed by atoms with Gasteiger partial charge in [0, 0.05) is 37.9 Å². The standard InChI is InChI=1S/C18H19N5O2/c1-25-14-4-2-3-13(11-14)18(24)23-9-7-22(8-10-23)17-15-5-6-19-16(15)20-12-21-17/h2-6,11-12H,7-10H2,1H3,(H,19,20,21). The number of nitrogens with zero attached hydrogens (tertiary/aromatic N) is 4. The van der Waals surface area contributed by atoms with E-state index in [0.29, 0.717) is 24.4 Å². The molecule has 1 fully saturated rings. The number of fused-ring (bicyclic) bond motifs is 1. The number of piperazine rings is 1. The molecule has 1 saturated heterocycles. The van der Waals surface area contributed by atoms with Crippen molar-refractivity contribution in [2.45, 2.75) is 0 Å². The van der Waals surface area contributed by atoms with E-state index in [-0.39, 0.29) is 5.91 Å². The molecule has 2 aromatic heterocycles. The lowest BCUT2D eigenvalue weighted by molar-refractivity contribution is 0.0746. The fraction of sp³-hybridized carbons (Fsp3) is 0.278. The van der Waals surface area contributed by atoms with Crippen molar-refractivity contribution in [1.82, 2.24) is 19.9 Å². The van der Waals surface area contributed by atoms with Gasteiger partial charge in [-0.25, -0.2) is 9.97 Å². The van der Waals surface area contributed by atoms with E-state index in [4.69, 9.17) is 4.74 Å². The van der Waals surface area contributed by atoms with Gasteiger partial charge in [0.05, 0.1) is 12.5 Å². The Balaban J connectivity index is 1.48. The average Bonchev–Trinajstić information content (AvgIpc) is 3.16. The highest BCUT2D eigenvalue weighted by atomic mass is 16.5. The van der Waals surface area contributed by atoms with Crippen LogP contribution in [0.5, 0.6) is 5.75 Å². The number of H-pyrrole nitrogens is 1. The third-order valence-corrected chi connectivity index (χ3v) is 4.52. The topological polar surface area (TPSA) is 74.3 Å². The summed E-state index contributed by atoms with van der Waals surface area (Å²) < 4.78 is 5.20. The van der Waals surface area contributed by atoms with Gasteiger partial charge >= 0.3 is 0 Å². The number of aromatic amines is 1. The maximum Gasteiger partial charge on any atom is 0.254 e. The van der Waals surface area contributed by atoms with Gasteiger partial charge in [-0.1, -0.05) is 6.07 Å². The monoisotopic (exact) mass is 337 g/mol. The number of hydrogen-bond donors (Lipinski definition) is 1. The number of methoxy groups -OCH3 is 1. The Hall–Kier alpha value is -3.09. The van der Waals surface area contributed by atoms with Crippen LogP contribution < -0.4 is 9.64 Å². The molecular weight excluding hydrogens is 318 g/mol. The normalized spacial score (nSPS) is 14.8. The zero-order valence-corrected chi connectivity index (χ0v) is 14.0. The van der Waals surface area contributed by atoms with Crippen molar-refractivity contribution in [2.75, 3.05) is 38.2 Å². The number of carbonyl (C=O) groups excluding carboxylic acids is 1. The molecule has 0 aliphatic carbocycles. The fourth-order valence-electron chi connectivity index (χ4n) is 3.17. The highest BCUT2D eigenvalue weighted by Crippen LogP contribution is 2.23. The van der Waals surface area contributed by atoms with E-state index >= 15 is 0 Å². The van der Waals surface area contributed by atoms with Gasteiger partial charge in [-0.3, -0.25) is 4.79 Å². The van der Waals surface area contributed by atoms with Gasteiger partial charge in [-0.05, 0) is 24.3 Å². The highest BCUT2D eigenvalue weighted by Gasteiger charge is 2.24. The highest BCUT2D eigenvalue weighted by molar-refractivity contribution is 5.95. The van der Waals surface area contributed by atoms with Crippen LogP contribution in [-0.4, -0.2) is 59.0 Å². The first-order valence-corrected chi connectivity index (χ1v) is 8.22. The number of aromatic nitrogens is 3. The van der Waals surface area contributed by atoms with Gasteiger partial charge in [0.2, 0.25) is 0 Å². The quantitative estimate of drug-likeness (QED) is 0.790. The molecule has 7 nitrogen and oxygen atoms in total. The first kappa shape index (κ1) is 15.4. The molecule has 3 aromatic rings. The number of ether oxygens (including phenoxy) is 1. The maximum atomic E-state index is 12.7. The van der Waals surface area contributed by atoms with Gasteiger partial charge in [0.1, 0.15) is 23.5 Å². The molecule has 1 amide bonds. The van der Waals surface area contributed by atoms with Crippen LogP contribution in [0.3, 0.4) is 0 Å². The number of hydrogen-bond acceptors (Lipinski definition) is 5. The molecule has 3 heterocycles. The van der Waals surface area contributed by atoms with Gasteiger partial charge in [0.15, 0.2) is 0 Å². The van der Waals surface area contributed by atoms with Gasteiger partial charge in [-0.2, -0.15) is 0 Å². The molecule has 7 heteroatoms. The summed E-state index contributed by atoms with van der Waals surface area (Å²) in [5.41, 5.74) is 1.49. The molecule has 1 aliphatic rings. The minimum atomic E-state index is 0.0352. The molecule has 0 saturated carbocycles. The van der Waals surface area contributed by atoms with Crippen LogP contribution in [-0.2, 0) is 0 Å². The molecule has 1 N–H and O–H groups in total. The smallest absolute Gasteiger partial charge is 0.254 e. The fourth-order valence-corrected chi connectivity index (χ4v) is 3.17. The molecule has 0 spiro atoms. The van der Waals surface area contributed by atoms with Crippen molar-refractivity contribution < 1.29 is 9.53 Å². The van der Waals surface area contributed by atoms with E-state index < -0.39 is 0 Å². The Morgan fingerprint density at radius 1 is 1.16 bits per heavy atom. The van der Waals surface area contributed by atoms with E-state index in [2.05, 4.69) is 19.9 Å². The SMILES string of the molecule is COc1cccc(C(=O)N2CCN(c3ncnc4[nH]ccc34)CC2)c1. The van der Waals surface area contributed by atoms with Crippen molar-refractivity contribution >= 4 is 22.8 Å². The Kier molecular flexibility index (Phi) is 3.97. The largest absolute Gasteiger partial charge is 0.497 e. The molecule has 0 radical (unpaired) electrons. The zero-order chi connectivity index (χ0) is 17.2. The first-order valence-electron chi connectivity index (χ1n) is 8.22. The molecule has 128 valence electrons. The molecule has 0 bridgehead atoms. The summed E-state index contributed by atoms with van der Waals surface area (Å²) in [5, 5.41) is 1.01. The lowest BCUT2D eigenvalue weighted by atomic mass is 10.1. The van der Waals surface area contributed by atoms with E-state index in [1.165, 1.54) is 0 Å². The van der Waals surface area contributed by atoms with Crippen LogP contribution in [0.15, 0.2) is 42.9 Å². The number of anilines is 1. The Labute approximate surface area is 145 Å². The van der Waals surface area contributed by atoms with Crippen LogP contribution in [0, 0.1) is 0 Å². The summed E-state index contributed by atoms with van der Waals surface area (Å²) in [4.78, 5) is 28.5. The average molecular weight is 337 g/mol. The van der Waals surface area contributed by atoms with E-state index in [1.54, 1.807) is 19.5 Å². The Morgan fingerprint density at radius 2 is 2.00 bits per heavy atom. The Morgan fingerprint density at radius 3 is 2.80 bits per heavy atom. The molecule has 25 heavy (non-hydrogen) atoms. The van der Waals surface area contributed by atoms with Gasteiger partial charge < -0.3 is 19.5 Å². The molecule has 1 aromatic carbocycles. The summed E-state index contributed by atoms with van der Waals surface area (Å²) >= 11 is 0. The summed E-state index contributed by atoms with van der Waals surface area (Å²) in [6.07, 6.45) is 3.44. The molecular formula is C18H19N5O2. The van der Waals surface area contributed by atoms with Crippen LogP contribution in [0.2, 0.25) is 0 Å².